The maximum absolute atomic E-state index is 10.9. The summed E-state index contributed by atoms with van der Waals surface area (Å²) in [7, 11) is 6.23. The fourth-order valence-electron chi connectivity index (χ4n) is 0.710. The van der Waals surface area contributed by atoms with Crippen LogP contribution in [0.5, 0.6) is 0 Å². The monoisotopic (exact) mass is 302 g/mol. The van der Waals surface area contributed by atoms with Gasteiger partial charge in [-0.2, -0.15) is 0 Å². The van der Waals surface area contributed by atoms with Crippen molar-refractivity contribution in [1.29, 1.82) is 0 Å². The van der Waals surface area contributed by atoms with Gasteiger partial charge in [0, 0.05) is 6.42 Å². The van der Waals surface area contributed by atoms with Crippen LogP contribution < -0.4 is 0 Å². The van der Waals surface area contributed by atoms with Crippen molar-refractivity contribution in [3.8, 4) is 0 Å². The highest BCUT2D eigenvalue weighted by molar-refractivity contribution is 14.0. The smallest absolute Gasteiger partial charge is 0.305 e. The van der Waals surface area contributed by atoms with Crippen LogP contribution in [0.2, 0.25) is 0 Å². The summed E-state index contributed by atoms with van der Waals surface area (Å²) in [6.07, 6.45) is 1.40. The number of rotatable bonds is 5. The summed E-state index contributed by atoms with van der Waals surface area (Å²) in [4.78, 5) is 10.9. The summed E-state index contributed by atoms with van der Waals surface area (Å²) in [5, 5.41) is 0. The predicted octanol–water partition coefficient (Wildman–Crippen LogP) is 1.65. The van der Waals surface area contributed by atoms with Gasteiger partial charge < -0.3 is 9.22 Å². The highest BCUT2D eigenvalue weighted by atomic mass is 127. The first kappa shape index (κ1) is 15.6. The fourth-order valence-corrected chi connectivity index (χ4v) is 0.710. The number of likely N-dealkylation sites (N-methyl/N-ethyl adjacent to an activating group) is 1. The lowest BCUT2D eigenvalue weighted by atomic mass is 10.3. The van der Waals surface area contributed by atoms with Gasteiger partial charge in [-0.05, 0) is 6.42 Å². The fraction of sp³-hybridized carbons (Fsp3) is 0.889. The largest absolute Gasteiger partial charge is 0.460 e. The van der Waals surface area contributed by atoms with Crippen molar-refractivity contribution in [2.24, 2.45) is 0 Å². The molecule has 0 aliphatic carbocycles. The van der Waals surface area contributed by atoms with Crippen LogP contribution in [-0.2, 0) is 9.53 Å². The number of halogens is 1. The molecular formula is C9H21INO2+. The highest BCUT2D eigenvalue weighted by Gasteiger charge is 2.08. The number of carbonyl (C=O) groups is 1. The quantitative estimate of drug-likeness (QED) is 0.438. The lowest BCUT2D eigenvalue weighted by Gasteiger charge is -2.23. The SMILES string of the molecule is CCCC(=O)OCC[N+](C)(C)C.I. The highest BCUT2D eigenvalue weighted by Crippen LogP contribution is 1.93. The van der Waals surface area contributed by atoms with E-state index in [1.807, 2.05) is 6.92 Å². The molecule has 0 fully saturated rings. The molecule has 0 heterocycles. The number of quaternary nitrogens is 1. The van der Waals surface area contributed by atoms with E-state index in [1.54, 1.807) is 0 Å². The molecule has 0 N–H and O–H groups in total. The van der Waals surface area contributed by atoms with Gasteiger partial charge in [-0.1, -0.05) is 6.92 Å². The molecule has 0 aromatic rings. The van der Waals surface area contributed by atoms with Crippen LogP contribution in [0, 0.1) is 0 Å². The molecule has 0 spiro atoms. The van der Waals surface area contributed by atoms with Crippen molar-refractivity contribution in [3.05, 3.63) is 0 Å². The molecule has 0 aliphatic rings. The van der Waals surface area contributed by atoms with Crippen LogP contribution in [0.4, 0.5) is 0 Å². The molecule has 3 nitrogen and oxygen atoms in total. The van der Waals surface area contributed by atoms with E-state index in [9.17, 15) is 4.79 Å². The Labute approximate surface area is 98.0 Å². The molecule has 0 bridgehead atoms. The first-order chi connectivity index (χ1) is 5.45. The van der Waals surface area contributed by atoms with Crippen LogP contribution in [0.3, 0.4) is 0 Å². The summed E-state index contributed by atoms with van der Waals surface area (Å²) < 4.78 is 5.84. The van der Waals surface area contributed by atoms with E-state index in [2.05, 4.69) is 21.1 Å². The van der Waals surface area contributed by atoms with Crippen LogP contribution in [-0.4, -0.2) is 44.7 Å². The minimum atomic E-state index is -0.0778. The third-order valence-electron chi connectivity index (χ3n) is 1.48. The number of ether oxygens (including phenoxy) is 1. The standard InChI is InChI=1S/C9H20NO2.HI/c1-5-6-9(11)12-8-7-10(2,3)4;/h5-8H2,1-4H3;1H/q+1;. The molecule has 0 unspecified atom stereocenters. The molecule has 0 aromatic carbocycles. The first-order valence-electron chi connectivity index (χ1n) is 4.42. The predicted molar refractivity (Wildman–Crippen MR) is 64.2 cm³/mol. The topological polar surface area (TPSA) is 26.3 Å². The van der Waals surface area contributed by atoms with Crippen molar-refractivity contribution >= 4 is 29.9 Å². The number of hydrogen-bond donors (Lipinski definition) is 0. The summed E-state index contributed by atoms with van der Waals surface area (Å²) >= 11 is 0. The average Bonchev–Trinajstić information content (AvgIpc) is 1.84. The molecule has 0 radical (unpaired) electrons. The van der Waals surface area contributed by atoms with Crippen molar-refractivity contribution in [2.75, 3.05) is 34.3 Å². The molecule has 80 valence electrons. The Morgan fingerprint density at radius 3 is 2.23 bits per heavy atom. The Bertz CT molecular complexity index is 143. The van der Waals surface area contributed by atoms with E-state index < -0.39 is 0 Å². The molecule has 0 aliphatic heterocycles. The average molecular weight is 302 g/mol. The van der Waals surface area contributed by atoms with Gasteiger partial charge in [-0.25, -0.2) is 0 Å². The molecule has 0 saturated heterocycles. The van der Waals surface area contributed by atoms with Gasteiger partial charge in [-0.15, -0.1) is 24.0 Å². The zero-order chi connectivity index (χ0) is 9.61. The first-order valence-corrected chi connectivity index (χ1v) is 4.42. The van der Waals surface area contributed by atoms with Crippen LogP contribution >= 0.6 is 24.0 Å². The normalized spacial score (nSPS) is 10.5. The van der Waals surface area contributed by atoms with Crippen molar-refractivity contribution in [1.82, 2.24) is 0 Å². The van der Waals surface area contributed by atoms with E-state index in [1.165, 1.54) is 0 Å². The van der Waals surface area contributed by atoms with Crippen molar-refractivity contribution < 1.29 is 14.0 Å². The maximum atomic E-state index is 10.9. The van der Waals surface area contributed by atoms with E-state index in [0.29, 0.717) is 13.0 Å². The Kier molecular flexibility index (Phi) is 9.08. The summed E-state index contributed by atoms with van der Waals surface area (Å²) in [6, 6.07) is 0. The lowest BCUT2D eigenvalue weighted by molar-refractivity contribution is -0.870. The molecule has 0 saturated carbocycles. The number of nitrogens with zero attached hydrogens (tertiary/aromatic N) is 1. The van der Waals surface area contributed by atoms with Gasteiger partial charge in [0.05, 0.1) is 21.1 Å². The van der Waals surface area contributed by atoms with Gasteiger partial charge in [-0.3, -0.25) is 4.79 Å². The molecule has 4 heteroatoms. The second-order valence-electron chi connectivity index (χ2n) is 3.98. The van der Waals surface area contributed by atoms with Crippen molar-refractivity contribution in [3.63, 3.8) is 0 Å². The molecule has 0 aromatic heterocycles. The Balaban J connectivity index is 0. The van der Waals surface area contributed by atoms with Gasteiger partial charge in [0.1, 0.15) is 13.2 Å². The number of hydrogen-bond acceptors (Lipinski definition) is 2. The van der Waals surface area contributed by atoms with E-state index in [-0.39, 0.29) is 29.9 Å². The second kappa shape index (κ2) is 7.55. The van der Waals surface area contributed by atoms with Crippen molar-refractivity contribution in [2.45, 2.75) is 19.8 Å². The molecule has 0 atom stereocenters. The Hall–Kier alpha value is 0.160. The molecule has 13 heavy (non-hydrogen) atoms. The summed E-state index contributed by atoms with van der Waals surface area (Å²) in [5.41, 5.74) is 0. The lowest BCUT2D eigenvalue weighted by Crippen LogP contribution is -2.37. The molecule has 0 rings (SSSR count). The summed E-state index contributed by atoms with van der Waals surface area (Å²) in [5.74, 6) is -0.0778. The minimum Gasteiger partial charge on any atom is -0.460 e. The minimum absolute atomic E-state index is 0. The van der Waals surface area contributed by atoms with Gasteiger partial charge in [0.2, 0.25) is 0 Å². The Morgan fingerprint density at radius 2 is 1.85 bits per heavy atom. The third kappa shape index (κ3) is 12.2. The van der Waals surface area contributed by atoms with E-state index >= 15 is 0 Å². The molecule has 0 amide bonds. The zero-order valence-corrected chi connectivity index (χ0v) is 11.3. The summed E-state index contributed by atoms with van der Waals surface area (Å²) in [6.45, 7) is 3.37. The zero-order valence-electron chi connectivity index (χ0n) is 9.00. The van der Waals surface area contributed by atoms with Crippen LogP contribution in [0.25, 0.3) is 0 Å². The van der Waals surface area contributed by atoms with Gasteiger partial charge in [0.15, 0.2) is 0 Å². The maximum Gasteiger partial charge on any atom is 0.305 e. The second-order valence-corrected chi connectivity index (χ2v) is 3.98. The van der Waals surface area contributed by atoms with Gasteiger partial charge in [0.25, 0.3) is 0 Å². The number of carbonyl (C=O) groups excluding carboxylic acids is 1. The van der Waals surface area contributed by atoms with Gasteiger partial charge >= 0.3 is 5.97 Å². The van der Waals surface area contributed by atoms with E-state index in [4.69, 9.17) is 4.74 Å². The van der Waals surface area contributed by atoms with E-state index in [0.717, 1.165) is 17.4 Å². The van der Waals surface area contributed by atoms with Crippen LogP contribution in [0.1, 0.15) is 19.8 Å². The third-order valence-corrected chi connectivity index (χ3v) is 1.48. The number of esters is 1. The molecular weight excluding hydrogens is 281 g/mol. The Morgan fingerprint density at radius 1 is 1.31 bits per heavy atom. The van der Waals surface area contributed by atoms with Crippen LogP contribution in [0.15, 0.2) is 0 Å².